The first-order chi connectivity index (χ1) is 11.1. The number of hydrogen-bond acceptors (Lipinski definition) is 3. The molecule has 2 heterocycles. The smallest absolute Gasteiger partial charge is 0.244 e. The molecule has 1 unspecified atom stereocenters. The van der Waals surface area contributed by atoms with Crippen LogP contribution in [0.3, 0.4) is 0 Å². The zero-order valence-corrected chi connectivity index (χ0v) is 13.4. The Hall–Kier alpha value is -1.95. The van der Waals surface area contributed by atoms with E-state index < -0.39 is 0 Å². The van der Waals surface area contributed by atoms with Crippen molar-refractivity contribution in [3.8, 4) is 0 Å². The number of nitrogens with zero attached hydrogens (tertiary/aromatic N) is 3. The van der Waals surface area contributed by atoms with Crippen LogP contribution in [-0.2, 0) is 9.59 Å². The van der Waals surface area contributed by atoms with Gasteiger partial charge in [0.25, 0.3) is 0 Å². The normalized spacial score (nSPS) is 23.2. The van der Waals surface area contributed by atoms with Crippen molar-refractivity contribution in [1.82, 2.24) is 9.80 Å². The third kappa shape index (κ3) is 3.22. The molecule has 0 radical (unpaired) electrons. The second-order valence-corrected chi connectivity index (χ2v) is 6.14. The molecule has 124 valence electrons. The molecule has 3 rings (SSSR count). The molecule has 5 nitrogen and oxygen atoms in total. The summed E-state index contributed by atoms with van der Waals surface area (Å²) >= 11 is 0. The average molecular weight is 319 g/mol. The van der Waals surface area contributed by atoms with Crippen LogP contribution in [-0.4, -0.2) is 60.4 Å². The van der Waals surface area contributed by atoms with Crippen molar-refractivity contribution in [2.75, 3.05) is 37.6 Å². The molecule has 2 amide bonds. The number of benzene rings is 1. The summed E-state index contributed by atoms with van der Waals surface area (Å²) in [6.45, 7) is 5.00. The molecule has 0 aliphatic carbocycles. The molecule has 2 aliphatic rings. The summed E-state index contributed by atoms with van der Waals surface area (Å²) in [5, 5.41) is 0. The number of anilines is 1. The summed E-state index contributed by atoms with van der Waals surface area (Å²) < 4.78 is 13.9. The van der Waals surface area contributed by atoms with E-state index in [9.17, 15) is 14.0 Å². The number of carbonyl (C=O) groups is 2. The van der Waals surface area contributed by atoms with Gasteiger partial charge in [0.2, 0.25) is 11.8 Å². The second-order valence-electron chi connectivity index (χ2n) is 6.14. The maximum absolute atomic E-state index is 13.9. The Kier molecular flexibility index (Phi) is 4.61. The van der Waals surface area contributed by atoms with E-state index in [0.29, 0.717) is 31.7 Å². The number of amides is 2. The molecule has 1 atom stereocenters. The van der Waals surface area contributed by atoms with Crippen LogP contribution in [0.2, 0.25) is 0 Å². The van der Waals surface area contributed by atoms with Gasteiger partial charge in [-0.15, -0.1) is 0 Å². The Bertz CT molecular complexity index is 607. The molecular weight excluding hydrogens is 297 g/mol. The predicted octanol–water partition coefficient (Wildman–Crippen LogP) is 1.49. The molecule has 6 heteroatoms. The van der Waals surface area contributed by atoms with Crippen LogP contribution in [0.1, 0.15) is 19.8 Å². The van der Waals surface area contributed by atoms with Gasteiger partial charge in [-0.25, -0.2) is 4.39 Å². The van der Waals surface area contributed by atoms with Crippen LogP contribution in [0.25, 0.3) is 0 Å². The number of carbonyl (C=O) groups excluding carboxylic acids is 2. The Morgan fingerprint density at radius 2 is 1.91 bits per heavy atom. The van der Waals surface area contributed by atoms with Crippen molar-refractivity contribution in [3.05, 3.63) is 30.1 Å². The van der Waals surface area contributed by atoms with Gasteiger partial charge in [0.1, 0.15) is 5.82 Å². The van der Waals surface area contributed by atoms with E-state index >= 15 is 0 Å². The van der Waals surface area contributed by atoms with Crippen molar-refractivity contribution in [1.29, 1.82) is 0 Å². The largest absolute Gasteiger partial charge is 0.342 e. The van der Waals surface area contributed by atoms with E-state index in [4.69, 9.17) is 0 Å². The van der Waals surface area contributed by atoms with E-state index in [0.717, 1.165) is 19.5 Å². The molecule has 0 N–H and O–H groups in total. The third-order valence-corrected chi connectivity index (χ3v) is 4.74. The van der Waals surface area contributed by atoms with Gasteiger partial charge in [0, 0.05) is 39.6 Å². The number of halogens is 1. The summed E-state index contributed by atoms with van der Waals surface area (Å²) in [5.74, 6) is -0.316. The minimum atomic E-state index is -0.361. The van der Waals surface area contributed by atoms with Gasteiger partial charge >= 0.3 is 0 Å². The number of hydrogen-bond donors (Lipinski definition) is 0. The number of para-hydroxylation sites is 1. The van der Waals surface area contributed by atoms with E-state index in [1.807, 2.05) is 4.90 Å². The summed E-state index contributed by atoms with van der Waals surface area (Å²) in [5.41, 5.74) is 0.361. The topological polar surface area (TPSA) is 43.9 Å². The van der Waals surface area contributed by atoms with E-state index in [-0.39, 0.29) is 23.7 Å². The average Bonchev–Trinajstić information content (AvgIpc) is 2.75. The zero-order chi connectivity index (χ0) is 16.4. The van der Waals surface area contributed by atoms with Crippen LogP contribution in [0.15, 0.2) is 24.3 Å². The minimum Gasteiger partial charge on any atom is -0.342 e. The second kappa shape index (κ2) is 6.66. The monoisotopic (exact) mass is 319 g/mol. The lowest BCUT2D eigenvalue weighted by Crippen LogP contribution is -2.44. The van der Waals surface area contributed by atoms with Crippen LogP contribution in [0, 0.1) is 5.82 Å². The van der Waals surface area contributed by atoms with Crippen LogP contribution in [0.4, 0.5) is 10.1 Å². The summed E-state index contributed by atoms with van der Waals surface area (Å²) in [6, 6.07) is 6.20. The molecule has 1 aromatic carbocycles. The Balaban J connectivity index is 1.70. The fourth-order valence-electron chi connectivity index (χ4n) is 3.48. The third-order valence-electron chi connectivity index (χ3n) is 4.74. The lowest BCUT2D eigenvalue weighted by molar-refractivity contribution is -0.128. The Morgan fingerprint density at radius 1 is 1.13 bits per heavy atom. The van der Waals surface area contributed by atoms with Crippen LogP contribution >= 0.6 is 0 Å². The highest BCUT2D eigenvalue weighted by atomic mass is 19.1. The zero-order valence-electron chi connectivity index (χ0n) is 13.4. The maximum Gasteiger partial charge on any atom is 0.244 e. The van der Waals surface area contributed by atoms with E-state index in [1.54, 1.807) is 30.0 Å². The first-order valence-corrected chi connectivity index (χ1v) is 8.13. The van der Waals surface area contributed by atoms with Crippen molar-refractivity contribution < 1.29 is 14.0 Å². The fourth-order valence-corrected chi connectivity index (χ4v) is 3.48. The van der Waals surface area contributed by atoms with Gasteiger partial charge in [-0.2, -0.15) is 0 Å². The standard InChI is InChI=1S/C17H22FN3O2/c1-13(22)19-8-4-9-20(12-11-19)16-7-10-21(17(16)23)15-6-3-2-5-14(15)18/h2-3,5-6,16H,4,7-12H2,1H3. The molecule has 0 aromatic heterocycles. The SMILES string of the molecule is CC(=O)N1CCCN(C2CCN(c3ccccc3F)C2=O)CC1. The molecule has 1 aromatic rings. The molecule has 0 bridgehead atoms. The molecule has 0 saturated carbocycles. The van der Waals surface area contributed by atoms with E-state index in [1.165, 1.54) is 6.07 Å². The summed E-state index contributed by atoms with van der Waals surface area (Å²) in [7, 11) is 0. The van der Waals surface area contributed by atoms with Gasteiger partial charge in [-0.05, 0) is 25.0 Å². The van der Waals surface area contributed by atoms with Crippen LogP contribution < -0.4 is 4.90 Å². The highest BCUT2D eigenvalue weighted by Crippen LogP contribution is 2.27. The summed E-state index contributed by atoms with van der Waals surface area (Å²) in [6.07, 6.45) is 1.57. The van der Waals surface area contributed by atoms with Crippen LogP contribution in [0.5, 0.6) is 0 Å². The van der Waals surface area contributed by atoms with Crippen molar-refractivity contribution >= 4 is 17.5 Å². The lowest BCUT2D eigenvalue weighted by atomic mass is 10.2. The van der Waals surface area contributed by atoms with Crippen molar-refractivity contribution in [2.24, 2.45) is 0 Å². The molecule has 0 spiro atoms. The van der Waals surface area contributed by atoms with Gasteiger partial charge in [0.15, 0.2) is 0 Å². The maximum atomic E-state index is 13.9. The molecule has 2 aliphatic heterocycles. The Labute approximate surface area is 135 Å². The van der Waals surface area contributed by atoms with Gasteiger partial charge in [-0.1, -0.05) is 12.1 Å². The van der Waals surface area contributed by atoms with Crippen molar-refractivity contribution in [2.45, 2.75) is 25.8 Å². The van der Waals surface area contributed by atoms with E-state index in [2.05, 4.69) is 4.90 Å². The van der Waals surface area contributed by atoms with Gasteiger partial charge < -0.3 is 9.80 Å². The summed E-state index contributed by atoms with van der Waals surface area (Å²) in [4.78, 5) is 29.8. The lowest BCUT2D eigenvalue weighted by Gasteiger charge is -2.26. The molecule has 23 heavy (non-hydrogen) atoms. The Morgan fingerprint density at radius 3 is 2.65 bits per heavy atom. The quantitative estimate of drug-likeness (QED) is 0.829. The van der Waals surface area contributed by atoms with Gasteiger partial charge in [-0.3, -0.25) is 14.5 Å². The first kappa shape index (κ1) is 15.9. The molecule has 2 fully saturated rings. The number of rotatable bonds is 2. The fraction of sp³-hybridized carbons (Fsp3) is 0.529. The molecular formula is C17H22FN3O2. The molecule has 2 saturated heterocycles. The van der Waals surface area contributed by atoms with Gasteiger partial charge in [0.05, 0.1) is 11.7 Å². The minimum absolute atomic E-state index is 0.0358. The highest BCUT2D eigenvalue weighted by Gasteiger charge is 2.38. The predicted molar refractivity (Wildman–Crippen MR) is 85.6 cm³/mol. The highest BCUT2D eigenvalue weighted by molar-refractivity contribution is 5.99. The first-order valence-electron chi connectivity index (χ1n) is 8.13. The van der Waals surface area contributed by atoms with Crippen molar-refractivity contribution in [3.63, 3.8) is 0 Å².